The van der Waals surface area contributed by atoms with Crippen molar-refractivity contribution in [2.24, 2.45) is 22.9 Å². The second-order valence-electron chi connectivity index (χ2n) is 5.89. The highest BCUT2D eigenvalue weighted by molar-refractivity contribution is 7.94. The molecule has 120 valence electrons. The van der Waals surface area contributed by atoms with E-state index in [1.807, 2.05) is 0 Å². The summed E-state index contributed by atoms with van der Waals surface area (Å²) in [6.07, 6.45) is 3.29. The van der Waals surface area contributed by atoms with Crippen molar-refractivity contribution in [1.29, 1.82) is 5.41 Å². The van der Waals surface area contributed by atoms with Crippen LogP contribution in [0, 0.1) is 28.1 Å². The lowest BCUT2D eigenvalue weighted by Crippen LogP contribution is -2.29. The molecule has 1 saturated carbocycles. The minimum Gasteiger partial charge on any atom is -0.393 e. The number of carbonyl (C=O) groups is 1. The van der Waals surface area contributed by atoms with E-state index in [1.54, 1.807) is 0 Å². The van der Waals surface area contributed by atoms with E-state index in [-0.39, 0.29) is 28.6 Å². The molecule has 2 unspecified atom stereocenters. The van der Waals surface area contributed by atoms with Gasteiger partial charge in [-0.2, -0.15) is 0 Å². The van der Waals surface area contributed by atoms with E-state index < -0.39 is 33.6 Å². The molecule has 7 nitrogen and oxygen atoms in total. The fraction of sp³-hybridized carbons (Fsp3) is 0.571. The van der Waals surface area contributed by atoms with Gasteiger partial charge in [0.2, 0.25) is 0 Å². The molecule has 0 aliphatic heterocycles. The maximum Gasteiger partial charge on any atom is 0.193 e. The summed E-state index contributed by atoms with van der Waals surface area (Å²) < 4.78 is 23.7. The van der Waals surface area contributed by atoms with Crippen LogP contribution in [0.5, 0.6) is 0 Å². The van der Waals surface area contributed by atoms with E-state index in [0.29, 0.717) is 6.42 Å². The minimum atomic E-state index is -3.47. The first-order valence-corrected chi connectivity index (χ1v) is 8.80. The Balaban J connectivity index is 2.58. The van der Waals surface area contributed by atoms with Crippen molar-refractivity contribution in [3.05, 3.63) is 27.5 Å². The lowest BCUT2D eigenvalue weighted by atomic mass is 9.88. The Labute approximate surface area is 128 Å². The highest BCUT2D eigenvalue weighted by Crippen LogP contribution is 2.44. The van der Waals surface area contributed by atoms with Gasteiger partial charge in [-0.1, -0.05) is 6.08 Å². The van der Waals surface area contributed by atoms with Gasteiger partial charge >= 0.3 is 0 Å². The number of nitrogens with zero attached hydrogens (tertiary/aromatic N) is 1. The van der Waals surface area contributed by atoms with Crippen LogP contribution in [0.1, 0.15) is 19.8 Å². The van der Waals surface area contributed by atoms with Crippen molar-refractivity contribution in [2.45, 2.75) is 25.9 Å². The van der Waals surface area contributed by atoms with Crippen LogP contribution >= 0.6 is 0 Å². The van der Waals surface area contributed by atoms with Crippen LogP contribution in [0.25, 0.3) is 0 Å². The maximum absolute atomic E-state index is 12.5. The van der Waals surface area contributed by atoms with E-state index in [0.717, 1.165) is 6.26 Å². The van der Waals surface area contributed by atoms with Crippen molar-refractivity contribution >= 4 is 21.5 Å². The van der Waals surface area contributed by atoms with Crippen LogP contribution in [0.4, 0.5) is 0 Å². The SMILES string of the molecule is C[C@@H](O)[C@H]1C(=O)C2CC1CC(S(C)(=O)=O)=CC=C2C(=N)N=O. The normalized spacial score (nSPS) is 30.0. The number of hydrogen-bond donors (Lipinski definition) is 2. The molecule has 2 N–H and O–H groups in total. The van der Waals surface area contributed by atoms with Crippen molar-refractivity contribution < 1.29 is 18.3 Å². The van der Waals surface area contributed by atoms with Gasteiger partial charge in [0.25, 0.3) is 0 Å². The van der Waals surface area contributed by atoms with Crippen LogP contribution in [0.2, 0.25) is 0 Å². The summed E-state index contributed by atoms with van der Waals surface area (Å²) in [5, 5.41) is 20.0. The monoisotopic (exact) mass is 326 g/mol. The Kier molecular flexibility index (Phi) is 4.44. The van der Waals surface area contributed by atoms with Gasteiger partial charge in [-0.25, -0.2) is 8.42 Å². The molecule has 2 bridgehead atoms. The highest BCUT2D eigenvalue weighted by atomic mass is 32.2. The van der Waals surface area contributed by atoms with Gasteiger partial charge in [-0.3, -0.25) is 10.2 Å². The Morgan fingerprint density at radius 2 is 2.09 bits per heavy atom. The molecule has 0 amide bonds. The fourth-order valence-electron chi connectivity index (χ4n) is 3.35. The molecule has 0 saturated heterocycles. The summed E-state index contributed by atoms with van der Waals surface area (Å²) in [5.74, 6) is -2.55. The zero-order valence-electron chi connectivity index (χ0n) is 12.3. The summed E-state index contributed by atoms with van der Waals surface area (Å²) in [4.78, 5) is 23.3. The van der Waals surface area contributed by atoms with Crippen LogP contribution in [0.15, 0.2) is 27.8 Å². The number of amidine groups is 1. The molecule has 0 aromatic rings. The third-order valence-electron chi connectivity index (χ3n) is 4.37. The number of sulfone groups is 1. The maximum atomic E-state index is 12.5. The van der Waals surface area contributed by atoms with Crippen LogP contribution < -0.4 is 0 Å². The van der Waals surface area contributed by atoms with Crippen LogP contribution in [0.3, 0.4) is 0 Å². The molecule has 8 heteroatoms. The molecule has 0 radical (unpaired) electrons. The lowest BCUT2D eigenvalue weighted by molar-refractivity contribution is -0.126. The number of carbonyl (C=O) groups excluding carboxylic acids is 1. The molecule has 0 spiro atoms. The number of Topliss-reactive ketones (excluding diaryl/α,β-unsaturated/α-hetero) is 1. The topological polar surface area (TPSA) is 125 Å². The molecule has 2 aliphatic rings. The van der Waals surface area contributed by atoms with Gasteiger partial charge in [0.05, 0.1) is 6.10 Å². The zero-order chi connectivity index (χ0) is 16.7. The summed E-state index contributed by atoms with van der Waals surface area (Å²) >= 11 is 0. The predicted octanol–water partition coefficient (Wildman–Crippen LogP) is 1.19. The Morgan fingerprint density at radius 1 is 1.45 bits per heavy atom. The molecule has 22 heavy (non-hydrogen) atoms. The number of nitroso groups, excluding NO2 is 1. The average Bonchev–Trinajstić information content (AvgIpc) is 2.72. The summed E-state index contributed by atoms with van der Waals surface area (Å²) in [7, 11) is -3.47. The van der Waals surface area contributed by atoms with Crippen molar-refractivity contribution in [1.82, 2.24) is 0 Å². The van der Waals surface area contributed by atoms with E-state index in [2.05, 4.69) is 5.18 Å². The number of fused-ring (bicyclic) bond motifs is 2. The van der Waals surface area contributed by atoms with Gasteiger partial charge in [0.1, 0.15) is 5.78 Å². The quantitative estimate of drug-likeness (QED) is 0.458. The van der Waals surface area contributed by atoms with Crippen molar-refractivity contribution in [3.8, 4) is 0 Å². The Hall–Kier alpha value is -1.67. The van der Waals surface area contributed by atoms with E-state index >= 15 is 0 Å². The van der Waals surface area contributed by atoms with Gasteiger partial charge < -0.3 is 5.11 Å². The lowest BCUT2D eigenvalue weighted by Gasteiger charge is -2.21. The van der Waals surface area contributed by atoms with Gasteiger partial charge in [0, 0.05) is 28.6 Å². The third-order valence-corrected chi connectivity index (χ3v) is 5.62. The summed E-state index contributed by atoms with van der Waals surface area (Å²) in [5.41, 5.74) is 0.119. The first-order chi connectivity index (χ1) is 10.2. The van der Waals surface area contributed by atoms with Crippen LogP contribution in [-0.2, 0) is 14.6 Å². The van der Waals surface area contributed by atoms with E-state index in [9.17, 15) is 23.2 Å². The smallest absolute Gasteiger partial charge is 0.193 e. The first kappa shape index (κ1) is 16.7. The fourth-order valence-corrected chi connectivity index (χ4v) is 4.18. The highest BCUT2D eigenvalue weighted by Gasteiger charge is 2.47. The molecule has 0 heterocycles. The number of aliphatic hydroxyl groups is 1. The molecule has 2 aliphatic carbocycles. The largest absolute Gasteiger partial charge is 0.393 e. The van der Waals surface area contributed by atoms with E-state index in [1.165, 1.54) is 19.1 Å². The molecule has 2 rings (SSSR count). The molecule has 0 aromatic heterocycles. The number of aliphatic hydroxyl groups excluding tert-OH is 1. The van der Waals surface area contributed by atoms with Crippen LogP contribution in [-0.4, -0.2) is 37.5 Å². The molecule has 1 fully saturated rings. The van der Waals surface area contributed by atoms with Gasteiger partial charge in [0.15, 0.2) is 15.7 Å². The standard InChI is InChI=1S/C14H18N2O5S/c1-7(17)12-8-5-9(22(2,20)21)3-4-10(14(15)16-19)11(6-8)13(12)18/h3-4,7-8,11-12,15,17H,5-6H2,1-2H3/t7-,8?,11?,12-/m1/s1. The number of rotatable bonds is 3. The average molecular weight is 326 g/mol. The van der Waals surface area contributed by atoms with E-state index in [4.69, 9.17) is 5.41 Å². The molecular weight excluding hydrogens is 308 g/mol. The second kappa shape index (κ2) is 5.85. The first-order valence-electron chi connectivity index (χ1n) is 6.91. The zero-order valence-corrected chi connectivity index (χ0v) is 13.1. The minimum absolute atomic E-state index is 0.119. The van der Waals surface area contributed by atoms with Gasteiger partial charge in [-0.05, 0) is 36.9 Å². The Morgan fingerprint density at radius 3 is 2.59 bits per heavy atom. The van der Waals surface area contributed by atoms with Gasteiger partial charge in [-0.15, -0.1) is 4.91 Å². The molecule has 4 atom stereocenters. The van der Waals surface area contributed by atoms with Crippen molar-refractivity contribution in [3.63, 3.8) is 0 Å². The molecule has 0 aromatic carbocycles. The second-order valence-corrected chi connectivity index (χ2v) is 7.96. The summed E-state index contributed by atoms with van der Waals surface area (Å²) in [6.45, 7) is 1.49. The summed E-state index contributed by atoms with van der Waals surface area (Å²) in [6, 6.07) is 0. The Bertz CT molecular complexity index is 690. The number of nitrogens with one attached hydrogen (secondary N) is 1. The number of hydrogen-bond acceptors (Lipinski definition) is 6. The number of ketones is 1. The van der Waals surface area contributed by atoms with Crippen molar-refractivity contribution in [2.75, 3.05) is 6.26 Å². The predicted molar refractivity (Wildman–Crippen MR) is 80.9 cm³/mol. The number of allylic oxidation sites excluding steroid dienone is 3. The third kappa shape index (κ3) is 2.93. The molecular formula is C14H18N2O5S.